The smallest absolute Gasteiger partial charge is 0.303 e. The van der Waals surface area contributed by atoms with Gasteiger partial charge in [-0.1, -0.05) is 12.1 Å². The molecule has 2 aromatic carbocycles. The van der Waals surface area contributed by atoms with Crippen LogP contribution < -0.4 is 10.8 Å². The van der Waals surface area contributed by atoms with E-state index in [1.165, 1.54) is 16.4 Å². The van der Waals surface area contributed by atoms with Gasteiger partial charge in [-0.15, -0.1) is 0 Å². The second-order valence-electron chi connectivity index (χ2n) is 10.9. The molecule has 14 heteroatoms. The second-order valence-corrected chi connectivity index (χ2v) is 12.4. The third kappa shape index (κ3) is 6.56. The van der Waals surface area contributed by atoms with Crippen LogP contribution in [0.3, 0.4) is 0 Å². The van der Waals surface area contributed by atoms with Crippen molar-refractivity contribution in [2.75, 3.05) is 33.1 Å². The monoisotopic (exact) mass is 619 g/mol. The van der Waals surface area contributed by atoms with Gasteiger partial charge in [-0.25, -0.2) is 23.1 Å². The molecule has 2 aliphatic rings. The summed E-state index contributed by atoms with van der Waals surface area (Å²) in [6.45, 7) is 2.15. The topological polar surface area (TPSA) is 111 Å². The number of nitrogens with two attached hydrogens (primary N) is 1. The number of hydrogen-bond donors (Lipinski definition) is 1. The van der Waals surface area contributed by atoms with Crippen LogP contribution in [0.2, 0.25) is 0 Å². The van der Waals surface area contributed by atoms with E-state index >= 15 is 0 Å². The molecule has 0 bridgehead atoms. The van der Waals surface area contributed by atoms with E-state index in [9.17, 15) is 26.4 Å². The van der Waals surface area contributed by atoms with Crippen molar-refractivity contribution in [2.24, 2.45) is 12.2 Å². The van der Waals surface area contributed by atoms with Crippen molar-refractivity contribution in [2.45, 2.75) is 44.8 Å². The van der Waals surface area contributed by atoms with Crippen molar-refractivity contribution in [1.82, 2.24) is 28.1 Å². The van der Waals surface area contributed by atoms with E-state index in [0.29, 0.717) is 25.2 Å². The minimum absolute atomic E-state index is 0.0427. The second kappa shape index (κ2) is 13.0. The van der Waals surface area contributed by atoms with E-state index in [-0.39, 0.29) is 24.1 Å². The number of aromatic nitrogens is 4. The summed E-state index contributed by atoms with van der Waals surface area (Å²) in [4.78, 5) is 15.4. The lowest BCUT2D eigenvalue weighted by Crippen LogP contribution is -2.40. The predicted octanol–water partition coefficient (Wildman–Crippen LogP) is 3.51. The number of aryl methyl sites for hydroxylation is 2. The Balaban J connectivity index is 0.00000118. The molecule has 0 radical (unpaired) electrons. The lowest BCUT2D eigenvalue weighted by molar-refractivity contribution is 0.181. The van der Waals surface area contributed by atoms with Crippen LogP contribution in [0.15, 0.2) is 53.3 Å². The fraction of sp³-hybridized carbons (Fsp3) is 0.448. The minimum Gasteiger partial charge on any atom is -0.303 e. The van der Waals surface area contributed by atoms with Crippen molar-refractivity contribution in [3.63, 3.8) is 0 Å². The van der Waals surface area contributed by atoms with Gasteiger partial charge in [0.1, 0.15) is 5.82 Å². The molecule has 0 unspecified atom stereocenters. The quantitative estimate of drug-likeness (QED) is 0.341. The number of fused-ring (bicyclic) bond motifs is 2. The highest BCUT2D eigenvalue weighted by Crippen LogP contribution is 2.31. The molecule has 2 N–H and O–H groups in total. The predicted molar refractivity (Wildman–Crippen MR) is 158 cm³/mol. The Kier molecular flexibility index (Phi) is 9.39. The number of halogens is 3. The molecule has 43 heavy (non-hydrogen) atoms. The fourth-order valence-electron chi connectivity index (χ4n) is 6.23. The number of piperidine rings is 1. The van der Waals surface area contributed by atoms with Gasteiger partial charge < -0.3 is 4.90 Å². The van der Waals surface area contributed by atoms with Crippen LogP contribution in [0, 0.1) is 5.82 Å². The summed E-state index contributed by atoms with van der Waals surface area (Å²) < 4.78 is 63.8. The number of nitrogens with zero attached hydrogens (tertiary/aromatic N) is 6. The molecule has 0 atom stereocenters. The van der Waals surface area contributed by atoms with Gasteiger partial charge in [0.2, 0.25) is 6.93 Å². The summed E-state index contributed by atoms with van der Waals surface area (Å²) in [5.74, 6) is -0.336. The van der Waals surface area contributed by atoms with Crippen LogP contribution >= 0.6 is 0 Å². The van der Waals surface area contributed by atoms with Crippen molar-refractivity contribution in [1.29, 1.82) is 0 Å². The molecule has 4 aromatic rings. The molecule has 0 aliphatic carbocycles. The number of para-hydroxylation sites is 2. The van der Waals surface area contributed by atoms with Gasteiger partial charge in [-0.05, 0) is 62.2 Å². The van der Waals surface area contributed by atoms with Crippen LogP contribution in [-0.2, 0) is 36.8 Å². The molecule has 10 nitrogen and oxygen atoms in total. The Hall–Kier alpha value is -3.46. The Labute approximate surface area is 248 Å². The first-order chi connectivity index (χ1) is 20.6. The van der Waals surface area contributed by atoms with Crippen molar-refractivity contribution < 1.29 is 21.6 Å². The van der Waals surface area contributed by atoms with E-state index in [1.54, 1.807) is 16.7 Å². The zero-order chi connectivity index (χ0) is 30.7. The highest BCUT2D eigenvalue weighted by Gasteiger charge is 2.30. The zero-order valence-corrected chi connectivity index (χ0v) is 24.8. The minimum atomic E-state index is -3.83. The van der Waals surface area contributed by atoms with E-state index in [1.807, 2.05) is 40.6 Å². The van der Waals surface area contributed by atoms with Crippen LogP contribution in [0.1, 0.15) is 36.6 Å². The van der Waals surface area contributed by atoms with Gasteiger partial charge in [-0.3, -0.25) is 13.8 Å². The highest BCUT2D eigenvalue weighted by molar-refractivity contribution is 7.86. The largest absolute Gasteiger partial charge is 0.329 e. The van der Waals surface area contributed by atoms with Crippen LogP contribution in [0.25, 0.3) is 22.3 Å². The molecule has 232 valence electrons. The first-order valence-corrected chi connectivity index (χ1v) is 15.7. The number of imidazole rings is 1. The zero-order valence-electron chi connectivity index (χ0n) is 24.0. The SMILES string of the molecule is Cn1c(=O)n(C2CCN(CCCn3nc(-c4ccc(F)cc4)c4c3CCN(S(N)(=O)=O)C4)CC2)c2ccccc21.FCF. The maximum atomic E-state index is 13.6. The lowest BCUT2D eigenvalue weighted by Gasteiger charge is -2.32. The Bertz CT molecular complexity index is 1730. The average Bonchev–Trinajstić information content (AvgIpc) is 3.48. The van der Waals surface area contributed by atoms with Gasteiger partial charge in [-0.2, -0.15) is 17.8 Å². The third-order valence-corrected chi connectivity index (χ3v) is 9.37. The Morgan fingerprint density at radius 1 is 0.977 bits per heavy atom. The van der Waals surface area contributed by atoms with Gasteiger partial charge >= 0.3 is 5.69 Å². The van der Waals surface area contributed by atoms with Gasteiger partial charge in [0.05, 0.1) is 16.7 Å². The first kappa shape index (κ1) is 31.0. The van der Waals surface area contributed by atoms with Gasteiger partial charge in [0, 0.05) is 69.1 Å². The Morgan fingerprint density at radius 2 is 1.63 bits per heavy atom. The van der Waals surface area contributed by atoms with Gasteiger partial charge in [0.15, 0.2) is 0 Å². The molecule has 2 aromatic heterocycles. The molecule has 0 spiro atoms. The lowest BCUT2D eigenvalue weighted by atomic mass is 10.0. The van der Waals surface area contributed by atoms with Crippen molar-refractivity contribution in [3.05, 3.63) is 76.1 Å². The number of hydrogen-bond acceptors (Lipinski definition) is 5. The molecule has 4 heterocycles. The van der Waals surface area contributed by atoms with Crippen LogP contribution in [0.4, 0.5) is 13.2 Å². The van der Waals surface area contributed by atoms with Crippen molar-refractivity contribution >= 4 is 21.2 Å². The van der Waals surface area contributed by atoms with Gasteiger partial charge in [0.25, 0.3) is 10.2 Å². The first-order valence-electron chi connectivity index (χ1n) is 14.2. The fourth-order valence-corrected chi connectivity index (χ4v) is 6.88. The summed E-state index contributed by atoms with van der Waals surface area (Å²) in [7, 11) is -2.00. The summed E-state index contributed by atoms with van der Waals surface area (Å²) in [6.07, 6.45) is 3.24. The van der Waals surface area contributed by atoms with Crippen molar-refractivity contribution in [3.8, 4) is 11.3 Å². The van der Waals surface area contributed by atoms with E-state index in [0.717, 1.165) is 66.8 Å². The molecular weight excluding hydrogens is 583 g/mol. The van der Waals surface area contributed by atoms with E-state index in [2.05, 4.69) is 4.90 Å². The summed E-state index contributed by atoms with van der Waals surface area (Å²) in [5, 5.41) is 10.3. The summed E-state index contributed by atoms with van der Waals surface area (Å²) in [6, 6.07) is 14.3. The normalized spacial score (nSPS) is 16.7. The van der Waals surface area contributed by atoms with Crippen LogP contribution in [0.5, 0.6) is 0 Å². The van der Waals surface area contributed by atoms with E-state index < -0.39 is 17.1 Å². The summed E-state index contributed by atoms with van der Waals surface area (Å²) >= 11 is 0. The molecule has 2 aliphatic heterocycles. The number of likely N-dealkylation sites (tertiary alicyclic amines) is 1. The maximum absolute atomic E-state index is 13.6. The summed E-state index contributed by atoms with van der Waals surface area (Å²) in [5.41, 5.74) is 5.25. The number of benzene rings is 2. The maximum Gasteiger partial charge on any atom is 0.329 e. The molecule has 6 rings (SSSR count). The van der Waals surface area contributed by atoms with E-state index in [4.69, 9.17) is 10.2 Å². The molecular formula is C29H36F3N7O3S. The Morgan fingerprint density at radius 3 is 2.28 bits per heavy atom. The highest BCUT2D eigenvalue weighted by atomic mass is 32.2. The third-order valence-electron chi connectivity index (χ3n) is 8.34. The van der Waals surface area contributed by atoms with Crippen LogP contribution in [-0.4, -0.2) is 69.6 Å². The molecule has 1 fully saturated rings. The average molecular weight is 620 g/mol. The molecule has 0 amide bonds. The number of alkyl halides is 2. The molecule has 1 saturated heterocycles. The standard InChI is InChI=1S/C28H34FN7O3S.CH2F2/c1-32-25-5-2-3-6-26(25)36(28(32)37)22-11-16-33(17-12-22)14-4-15-35-24-13-18-34(40(30,38)39)19-23(24)27(31-35)20-7-9-21(29)10-8-20;2-1-3/h2-3,5-10,22H,4,11-19H2,1H3,(H2,30,38,39);1H2. The molecule has 0 saturated carbocycles. The number of rotatable bonds is 7.